The lowest BCUT2D eigenvalue weighted by Crippen LogP contribution is -1.90. The van der Waals surface area contributed by atoms with E-state index in [0.717, 1.165) is 15.5 Å². The molecule has 0 aliphatic heterocycles. The minimum atomic E-state index is 0.643. The van der Waals surface area contributed by atoms with Crippen molar-refractivity contribution >= 4 is 11.8 Å². The molecule has 0 amide bonds. The van der Waals surface area contributed by atoms with Crippen LogP contribution in [0.4, 0.5) is 0 Å². The fourth-order valence-electron chi connectivity index (χ4n) is 1.26. The van der Waals surface area contributed by atoms with Gasteiger partial charge in [-0.05, 0) is 30.7 Å². The van der Waals surface area contributed by atoms with E-state index in [1.54, 1.807) is 18.6 Å². The van der Waals surface area contributed by atoms with Crippen LogP contribution in [0.3, 0.4) is 0 Å². The van der Waals surface area contributed by atoms with Gasteiger partial charge in [0.05, 0.1) is 5.56 Å². The summed E-state index contributed by atoms with van der Waals surface area (Å²) in [6, 6.07) is 7.82. The molecule has 0 radical (unpaired) electrons. The summed E-state index contributed by atoms with van der Waals surface area (Å²) in [5.41, 5.74) is 1.60. The highest BCUT2D eigenvalue weighted by atomic mass is 32.2. The molecule has 0 saturated carbocycles. The van der Waals surface area contributed by atoms with Crippen LogP contribution in [0.25, 0.3) is 0 Å². The molecule has 2 rings (SSSR count). The van der Waals surface area contributed by atoms with E-state index < -0.39 is 0 Å². The van der Waals surface area contributed by atoms with E-state index in [9.17, 15) is 0 Å². The van der Waals surface area contributed by atoms with Crippen LogP contribution in [0, 0.1) is 18.3 Å². The van der Waals surface area contributed by atoms with Gasteiger partial charge in [0, 0.05) is 23.5 Å². The molecule has 4 heteroatoms. The molecule has 0 fully saturated rings. The molecule has 0 aliphatic carbocycles. The van der Waals surface area contributed by atoms with Crippen molar-refractivity contribution in [3.8, 4) is 6.07 Å². The van der Waals surface area contributed by atoms with Crippen LogP contribution >= 0.6 is 11.8 Å². The maximum atomic E-state index is 9.06. The van der Waals surface area contributed by atoms with E-state index in [4.69, 9.17) is 5.26 Å². The maximum absolute atomic E-state index is 9.06. The second kappa shape index (κ2) is 4.77. The van der Waals surface area contributed by atoms with Gasteiger partial charge in [-0.1, -0.05) is 11.8 Å². The smallest absolute Gasteiger partial charge is 0.119 e. The average Bonchev–Trinajstić information content (AvgIpc) is 2.31. The lowest BCUT2D eigenvalue weighted by Gasteiger charge is -2.04. The van der Waals surface area contributed by atoms with Crippen LogP contribution in [0.15, 0.2) is 46.7 Å². The maximum Gasteiger partial charge on any atom is 0.119 e. The number of rotatable bonds is 2. The summed E-state index contributed by atoms with van der Waals surface area (Å²) in [5, 5.41) is 9.81. The lowest BCUT2D eigenvalue weighted by atomic mass is 10.2. The fourth-order valence-corrected chi connectivity index (χ4v) is 2.17. The van der Waals surface area contributed by atoms with Crippen molar-refractivity contribution in [2.75, 3.05) is 0 Å². The van der Waals surface area contributed by atoms with Gasteiger partial charge < -0.3 is 0 Å². The molecule has 0 aliphatic rings. The predicted octanol–water partition coefficient (Wildman–Crippen LogP) is 2.81. The summed E-state index contributed by atoms with van der Waals surface area (Å²) in [6.45, 7) is 1.91. The van der Waals surface area contributed by atoms with E-state index in [1.807, 2.05) is 25.1 Å². The summed E-state index contributed by atoms with van der Waals surface area (Å²) in [6.07, 6.45) is 5.17. The summed E-state index contributed by atoms with van der Waals surface area (Å²) in [4.78, 5) is 9.21. The first-order chi connectivity index (χ1) is 7.81. The molecule has 78 valence electrons. The minimum Gasteiger partial charge on any atom is -0.265 e. The van der Waals surface area contributed by atoms with E-state index >= 15 is 0 Å². The Bertz CT molecular complexity index is 532. The van der Waals surface area contributed by atoms with Crippen molar-refractivity contribution in [2.45, 2.75) is 16.8 Å². The van der Waals surface area contributed by atoms with Crippen molar-refractivity contribution in [1.29, 1.82) is 5.26 Å². The fraction of sp³-hybridized carbons (Fsp3) is 0.0833. The molecule has 0 bridgehead atoms. The van der Waals surface area contributed by atoms with Crippen LogP contribution in [-0.4, -0.2) is 9.97 Å². The molecule has 0 saturated heterocycles. The highest BCUT2D eigenvalue weighted by molar-refractivity contribution is 7.99. The van der Waals surface area contributed by atoms with Crippen LogP contribution in [-0.2, 0) is 0 Å². The Morgan fingerprint density at radius 3 is 2.62 bits per heavy atom. The third-order valence-electron chi connectivity index (χ3n) is 2.10. The lowest BCUT2D eigenvalue weighted by molar-refractivity contribution is 1.08. The van der Waals surface area contributed by atoms with Gasteiger partial charge in [-0.25, -0.2) is 4.98 Å². The number of aryl methyl sites for hydroxylation is 1. The van der Waals surface area contributed by atoms with Crippen molar-refractivity contribution in [2.24, 2.45) is 0 Å². The van der Waals surface area contributed by atoms with Gasteiger partial charge >= 0.3 is 0 Å². The average molecular weight is 227 g/mol. The number of aromatic nitrogens is 2. The highest BCUT2D eigenvalue weighted by Gasteiger charge is 2.07. The molecule has 0 N–H and O–H groups in total. The van der Waals surface area contributed by atoms with Crippen molar-refractivity contribution in [3.63, 3.8) is 0 Å². The van der Waals surface area contributed by atoms with E-state index in [1.165, 1.54) is 11.8 Å². The van der Waals surface area contributed by atoms with Gasteiger partial charge in [0.1, 0.15) is 11.1 Å². The minimum absolute atomic E-state index is 0.643. The number of pyridine rings is 2. The Labute approximate surface area is 98.2 Å². The Kier molecular flexibility index (Phi) is 3.18. The second-order valence-electron chi connectivity index (χ2n) is 3.20. The Morgan fingerprint density at radius 2 is 1.94 bits per heavy atom. The van der Waals surface area contributed by atoms with Gasteiger partial charge in [-0.15, -0.1) is 0 Å². The van der Waals surface area contributed by atoms with Crippen molar-refractivity contribution < 1.29 is 0 Å². The zero-order valence-corrected chi connectivity index (χ0v) is 9.53. The second-order valence-corrected chi connectivity index (χ2v) is 4.27. The molecular weight excluding hydrogens is 218 g/mol. The molecule has 3 nitrogen and oxygen atoms in total. The summed E-state index contributed by atoms with van der Waals surface area (Å²) < 4.78 is 0. The normalized spacial score (nSPS) is 9.75. The van der Waals surface area contributed by atoms with Crippen LogP contribution in [0.1, 0.15) is 11.1 Å². The molecular formula is C12H9N3S. The zero-order valence-electron chi connectivity index (χ0n) is 8.71. The third-order valence-corrected chi connectivity index (χ3v) is 3.11. The van der Waals surface area contributed by atoms with Gasteiger partial charge in [-0.3, -0.25) is 4.98 Å². The summed E-state index contributed by atoms with van der Waals surface area (Å²) >= 11 is 1.48. The number of hydrogen-bond donors (Lipinski definition) is 0. The SMILES string of the molecule is Cc1ccnc(Sc2ccncc2)c1C#N. The van der Waals surface area contributed by atoms with E-state index in [2.05, 4.69) is 16.0 Å². The van der Waals surface area contributed by atoms with Gasteiger partial charge in [0.15, 0.2) is 0 Å². The molecule has 2 heterocycles. The first kappa shape index (κ1) is 10.7. The van der Waals surface area contributed by atoms with Crippen LogP contribution in [0.2, 0.25) is 0 Å². The first-order valence-corrected chi connectivity index (χ1v) is 5.56. The molecule has 0 spiro atoms. The molecule has 16 heavy (non-hydrogen) atoms. The molecule has 0 unspecified atom stereocenters. The van der Waals surface area contributed by atoms with Gasteiger partial charge in [0.25, 0.3) is 0 Å². The Hall–Kier alpha value is -1.86. The predicted molar refractivity (Wildman–Crippen MR) is 62.0 cm³/mol. The number of hydrogen-bond acceptors (Lipinski definition) is 4. The number of nitriles is 1. The molecule has 0 aromatic carbocycles. The molecule has 2 aromatic rings. The van der Waals surface area contributed by atoms with Crippen LogP contribution < -0.4 is 0 Å². The standard InChI is InChI=1S/C12H9N3S/c1-9-2-7-15-12(11(9)8-13)16-10-3-5-14-6-4-10/h2-7H,1H3. The van der Waals surface area contributed by atoms with Crippen molar-refractivity contribution in [1.82, 2.24) is 9.97 Å². The highest BCUT2D eigenvalue weighted by Crippen LogP contribution is 2.28. The Balaban J connectivity index is 2.36. The van der Waals surface area contributed by atoms with Gasteiger partial charge in [-0.2, -0.15) is 5.26 Å². The summed E-state index contributed by atoms with van der Waals surface area (Å²) in [7, 11) is 0. The Morgan fingerprint density at radius 1 is 1.19 bits per heavy atom. The topological polar surface area (TPSA) is 49.6 Å². The van der Waals surface area contributed by atoms with Gasteiger partial charge in [0.2, 0.25) is 0 Å². The quantitative estimate of drug-likeness (QED) is 0.791. The molecule has 2 aromatic heterocycles. The van der Waals surface area contributed by atoms with E-state index in [0.29, 0.717) is 5.56 Å². The third kappa shape index (κ3) is 2.20. The van der Waals surface area contributed by atoms with Crippen LogP contribution in [0.5, 0.6) is 0 Å². The monoisotopic (exact) mass is 227 g/mol. The number of nitrogens with zero attached hydrogens (tertiary/aromatic N) is 3. The molecule has 0 atom stereocenters. The summed E-state index contributed by atoms with van der Waals surface area (Å²) in [5.74, 6) is 0. The largest absolute Gasteiger partial charge is 0.265 e. The first-order valence-electron chi connectivity index (χ1n) is 4.75. The zero-order chi connectivity index (χ0) is 11.4. The van der Waals surface area contributed by atoms with Crippen molar-refractivity contribution in [3.05, 3.63) is 47.9 Å². The van der Waals surface area contributed by atoms with E-state index in [-0.39, 0.29) is 0 Å².